The molecule has 0 unspecified atom stereocenters. The van der Waals surface area contributed by atoms with E-state index in [1.165, 1.54) is 13.2 Å². The molecule has 0 aliphatic rings. The summed E-state index contributed by atoms with van der Waals surface area (Å²) in [4.78, 5) is 20.8. The minimum Gasteiger partial charge on any atom is -0.490 e. The Labute approximate surface area is 104 Å². The minimum absolute atomic E-state index is 0.0771. The summed E-state index contributed by atoms with van der Waals surface area (Å²) in [5, 5.41) is 13.8. The van der Waals surface area contributed by atoms with Crippen molar-refractivity contribution in [3.8, 4) is 5.75 Å². The van der Waals surface area contributed by atoms with Crippen molar-refractivity contribution in [2.75, 3.05) is 13.7 Å². The van der Waals surface area contributed by atoms with Crippen molar-refractivity contribution in [2.24, 2.45) is 5.73 Å². The van der Waals surface area contributed by atoms with Gasteiger partial charge in [0.25, 0.3) is 0 Å². The summed E-state index contributed by atoms with van der Waals surface area (Å²) >= 11 is 0. The molecule has 1 aromatic rings. The number of nitrogens with one attached hydrogen (secondary N) is 1. The number of nitrogens with zero attached hydrogens (tertiary/aromatic N) is 1. The molecule has 1 aromatic carbocycles. The maximum atomic E-state index is 10.8. The van der Waals surface area contributed by atoms with E-state index in [9.17, 15) is 14.9 Å². The van der Waals surface area contributed by atoms with Crippen LogP contribution >= 0.6 is 0 Å². The monoisotopic (exact) mass is 253 g/mol. The van der Waals surface area contributed by atoms with E-state index in [4.69, 9.17) is 10.5 Å². The summed E-state index contributed by atoms with van der Waals surface area (Å²) in [6.07, 6.45) is 0.234. The van der Waals surface area contributed by atoms with Gasteiger partial charge in [-0.05, 0) is 11.6 Å². The molecule has 0 aliphatic carbocycles. The summed E-state index contributed by atoms with van der Waals surface area (Å²) in [7, 11) is 1.38. The number of nitro groups is 1. The Hall–Kier alpha value is -2.15. The number of benzene rings is 1. The number of rotatable bonds is 7. The average molecular weight is 253 g/mol. The molecule has 98 valence electrons. The molecule has 0 aromatic heterocycles. The van der Waals surface area contributed by atoms with Crippen molar-refractivity contribution in [1.29, 1.82) is 0 Å². The maximum Gasteiger partial charge on any atom is 0.311 e. The highest BCUT2D eigenvalue weighted by atomic mass is 16.6. The van der Waals surface area contributed by atoms with Crippen LogP contribution in [0.15, 0.2) is 18.2 Å². The minimum atomic E-state index is -0.494. The van der Waals surface area contributed by atoms with Crippen molar-refractivity contribution in [1.82, 2.24) is 5.32 Å². The second-order valence-corrected chi connectivity index (χ2v) is 3.66. The molecule has 0 radical (unpaired) electrons. The molecule has 0 atom stereocenters. The van der Waals surface area contributed by atoms with Gasteiger partial charge in [-0.2, -0.15) is 0 Å². The second kappa shape index (κ2) is 6.55. The fourth-order valence-electron chi connectivity index (χ4n) is 1.43. The molecular formula is C11H15N3O4. The first-order valence-electron chi connectivity index (χ1n) is 5.35. The molecule has 0 fully saturated rings. The van der Waals surface area contributed by atoms with Crippen molar-refractivity contribution >= 4 is 11.6 Å². The van der Waals surface area contributed by atoms with Gasteiger partial charge in [-0.25, -0.2) is 0 Å². The molecule has 1 rings (SSSR count). The van der Waals surface area contributed by atoms with E-state index in [0.717, 1.165) is 5.56 Å². The molecule has 0 bridgehead atoms. The first-order valence-corrected chi connectivity index (χ1v) is 5.35. The summed E-state index contributed by atoms with van der Waals surface area (Å²) in [5.74, 6) is -0.163. The number of hydrogen-bond acceptors (Lipinski definition) is 5. The Morgan fingerprint density at radius 1 is 1.56 bits per heavy atom. The third kappa shape index (κ3) is 4.02. The Balaban J connectivity index is 2.64. The molecule has 7 heteroatoms. The van der Waals surface area contributed by atoms with E-state index in [1.807, 2.05) is 0 Å². The van der Waals surface area contributed by atoms with E-state index in [1.54, 1.807) is 12.1 Å². The van der Waals surface area contributed by atoms with Crippen LogP contribution in [0.25, 0.3) is 0 Å². The molecule has 3 N–H and O–H groups in total. The first-order chi connectivity index (χ1) is 8.54. The molecule has 7 nitrogen and oxygen atoms in total. The quantitative estimate of drug-likeness (QED) is 0.419. The number of nitrogens with two attached hydrogens (primary N) is 1. The normalized spacial score (nSPS) is 10.1. The SMILES string of the molecule is COc1ccc(CNCCC(N)=O)cc1[N+](=O)[O-]. The van der Waals surface area contributed by atoms with Crippen LogP contribution in [0.4, 0.5) is 5.69 Å². The molecule has 0 saturated carbocycles. The zero-order chi connectivity index (χ0) is 13.5. The fourth-order valence-corrected chi connectivity index (χ4v) is 1.43. The van der Waals surface area contributed by atoms with Gasteiger partial charge in [-0.3, -0.25) is 14.9 Å². The van der Waals surface area contributed by atoms with Crippen LogP contribution in [0.5, 0.6) is 5.75 Å². The Morgan fingerprint density at radius 2 is 2.28 bits per heavy atom. The van der Waals surface area contributed by atoms with Crippen LogP contribution < -0.4 is 15.8 Å². The lowest BCUT2D eigenvalue weighted by molar-refractivity contribution is -0.385. The Morgan fingerprint density at radius 3 is 2.83 bits per heavy atom. The molecular weight excluding hydrogens is 238 g/mol. The third-order valence-corrected chi connectivity index (χ3v) is 2.32. The predicted molar refractivity (Wildman–Crippen MR) is 65.2 cm³/mol. The second-order valence-electron chi connectivity index (χ2n) is 3.66. The number of ether oxygens (including phenoxy) is 1. The smallest absolute Gasteiger partial charge is 0.311 e. The number of nitro benzene ring substituents is 1. The highest BCUT2D eigenvalue weighted by Crippen LogP contribution is 2.27. The van der Waals surface area contributed by atoms with Crippen molar-refractivity contribution in [3.05, 3.63) is 33.9 Å². The molecule has 0 heterocycles. The van der Waals surface area contributed by atoms with Gasteiger partial charge in [0.2, 0.25) is 5.91 Å². The van der Waals surface area contributed by atoms with Gasteiger partial charge in [-0.15, -0.1) is 0 Å². The number of methoxy groups -OCH3 is 1. The summed E-state index contributed by atoms with van der Waals surface area (Å²) in [5.41, 5.74) is 5.65. The fraction of sp³-hybridized carbons (Fsp3) is 0.364. The maximum absolute atomic E-state index is 10.8. The van der Waals surface area contributed by atoms with Gasteiger partial charge in [-0.1, -0.05) is 6.07 Å². The van der Waals surface area contributed by atoms with Gasteiger partial charge in [0.1, 0.15) is 0 Å². The van der Waals surface area contributed by atoms with Crippen LogP contribution in [0.1, 0.15) is 12.0 Å². The third-order valence-electron chi connectivity index (χ3n) is 2.32. The zero-order valence-corrected chi connectivity index (χ0v) is 10.0. The van der Waals surface area contributed by atoms with Crippen LogP contribution in [0.2, 0.25) is 0 Å². The van der Waals surface area contributed by atoms with Gasteiger partial charge in [0.05, 0.1) is 12.0 Å². The summed E-state index contributed by atoms with van der Waals surface area (Å²) < 4.78 is 4.90. The predicted octanol–water partition coefficient (Wildman–Crippen LogP) is 0.568. The van der Waals surface area contributed by atoms with E-state index in [-0.39, 0.29) is 23.8 Å². The van der Waals surface area contributed by atoms with E-state index in [2.05, 4.69) is 5.32 Å². The number of carbonyl (C=O) groups is 1. The molecule has 0 saturated heterocycles. The summed E-state index contributed by atoms with van der Waals surface area (Å²) in [6, 6.07) is 4.71. The largest absolute Gasteiger partial charge is 0.490 e. The summed E-state index contributed by atoms with van der Waals surface area (Å²) in [6.45, 7) is 0.868. The van der Waals surface area contributed by atoms with Crippen LogP contribution in [-0.2, 0) is 11.3 Å². The van der Waals surface area contributed by atoms with Gasteiger partial charge >= 0.3 is 5.69 Å². The van der Waals surface area contributed by atoms with E-state index < -0.39 is 4.92 Å². The Bertz CT molecular complexity index is 448. The number of primary amides is 1. The van der Waals surface area contributed by atoms with Crippen molar-refractivity contribution in [2.45, 2.75) is 13.0 Å². The highest BCUT2D eigenvalue weighted by Gasteiger charge is 2.14. The van der Waals surface area contributed by atoms with Crippen LogP contribution in [0, 0.1) is 10.1 Å². The van der Waals surface area contributed by atoms with Crippen LogP contribution in [0.3, 0.4) is 0 Å². The topological polar surface area (TPSA) is 107 Å². The average Bonchev–Trinajstić information content (AvgIpc) is 2.34. The molecule has 0 aliphatic heterocycles. The standard InChI is InChI=1S/C11H15N3O4/c1-18-10-3-2-8(6-9(10)14(16)17)7-13-5-4-11(12)15/h2-3,6,13H,4-5,7H2,1H3,(H2,12,15). The highest BCUT2D eigenvalue weighted by molar-refractivity contribution is 5.73. The lowest BCUT2D eigenvalue weighted by atomic mass is 10.2. The number of hydrogen-bond donors (Lipinski definition) is 2. The van der Waals surface area contributed by atoms with Gasteiger partial charge in [0.15, 0.2) is 5.75 Å². The van der Waals surface area contributed by atoms with Gasteiger partial charge < -0.3 is 15.8 Å². The van der Waals surface area contributed by atoms with E-state index >= 15 is 0 Å². The van der Waals surface area contributed by atoms with E-state index in [0.29, 0.717) is 13.1 Å². The van der Waals surface area contributed by atoms with Crippen molar-refractivity contribution < 1.29 is 14.5 Å². The Kier molecular flexibility index (Phi) is 5.06. The lowest BCUT2D eigenvalue weighted by Gasteiger charge is -2.06. The lowest BCUT2D eigenvalue weighted by Crippen LogP contribution is -2.21. The molecule has 0 spiro atoms. The molecule has 1 amide bonds. The van der Waals surface area contributed by atoms with Crippen LogP contribution in [-0.4, -0.2) is 24.5 Å². The molecule has 18 heavy (non-hydrogen) atoms. The first kappa shape index (κ1) is 13.9. The van der Waals surface area contributed by atoms with Crippen molar-refractivity contribution in [3.63, 3.8) is 0 Å². The number of carbonyl (C=O) groups excluding carboxylic acids is 1. The van der Waals surface area contributed by atoms with Gasteiger partial charge in [0, 0.05) is 25.6 Å². The number of amides is 1. The zero-order valence-electron chi connectivity index (χ0n) is 10.0.